The molecular formula is C10H13NO3S. The van der Waals surface area contributed by atoms with Gasteiger partial charge in [0.1, 0.15) is 15.5 Å². The van der Waals surface area contributed by atoms with Gasteiger partial charge in [-0.1, -0.05) is 0 Å². The monoisotopic (exact) mass is 227 g/mol. The maximum Gasteiger partial charge on any atom is 0.182 e. The first kappa shape index (κ1) is 11.8. The largest absolute Gasteiger partial charge is 0.292 e. The molecule has 0 spiro atoms. The van der Waals surface area contributed by atoms with Gasteiger partial charge in [0.2, 0.25) is 0 Å². The molecule has 1 aromatic heterocycles. The first-order chi connectivity index (χ1) is 6.88. The fourth-order valence-electron chi connectivity index (χ4n) is 1.09. The van der Waals surface area contributed by atoms with Gasteiger partial charge in [0.15, 0.2) is 5.78 Å². The molecule has 1 heterocycles. The molecule has 82 valence electrons. The number of hydrogen-bond donors (Lipinski definition) is 0. The molecule has 0 fully saturated rings. The van der Waals surface area contributed by atoms with E-state index in [9.17, 15) is 13.2 Å². The summed E-state index contributed by atoms with van der Waals surface area (Å²) in [6, 6.07) is 3.44. The highest BCUT2D eigenvalue weighted by atomic mass is 32.2. The quantitative estimate of drug-likeness (QED) is 0.720. The van der Waals surface area contributed by atoms with Crippen molar-refractivity contribution < 1.29 is 13.2 Å². The number of ketones is 1. The maximum absolute atomic E-state index is 11.5. The van der Waals surface area contributed by atoms with Crippen LogP contribution in [-0.4, -0.2) is 31.2 Å². The molecule has 0 unspecified atom stereocenters. The molecule has 0 aromatic carbocycles. The van der Waals surface area contributed by atoms with Crippen LogP contribution in [0.4, 0.5) is 0 Å². The van der Waals surface area contributed by atoms with Gasteiger partial charge in [0.05, 0.1) is 5.75 Å². The Hall–Kier alpha value is -1.23. The van der Waals surface area contributed by atoms with Crippen molar-refractivity contribution in [2.24, 2.45) is 0 Å². The smallest absolute Gasteiger partial charge is 0.182 e. The van der Waals surface area contributed by atoms with Crippen LogP contribution in [0.25, 0.3) is 0 Å². The second-order valence-corrected chi connectivity index (χ2v) is 5.78. The lowest BCUT2D eigenvalue weighted by Gasteiger charge is -2.00. The van der Waals surface area contributed by atoms with Crippen molar-refractivity contribution in [2.75, 3.05) is 12.0 Å². The summed E-state index contributed by atoms with van der Waals surface area (Å²) >= 11 is 0. The van der Waals surface area contributed by atoms with Gasteiger partial charge in [0, 0.05) is 18.9 Å². The van der Waals surface area contributed by atoms with Gasteiger partial charge in [-0.3, -0.25) is 9.78 Å². The van der Waals surface area contributed by atoms with Crippen LogP contribution < -0.4 is 0 Å². The van der Waals surface area contributed by atoms with Crippen molar-refractivity contribution in [3.05, 3.63) is 29.6 Å². The van der Waals surface area contributed by atoms with Gasteiger partial charge in [-0.15, -0.1) is 0 Å². The molecule has 0 amide bonds. The molecule has 5 heteroatoms. The third-order valence-corrected chi connectivity index (χ3v) is 2.85. The van der Waals surface area contributed by atoms with E-state index >= 15 is 0 Å². The zero-order valence-electron chi connectivity index (χ0n) is 8.73. The molecule has 0 aliphatic carbocycles. The predicted molar refractivity (Wildman–Crippen MR) is 57.6 cm³/mol. The first-order valence-electron chi connectivity index (χ1n) is 4.52. The molecule has 1 rings (SSSR count). The summed E-state index contributed by atoms with van der Waals surface area (Å²) < 4.78 is 21.7. The van der Waals surface area contributed by atoms with Crippen LogP contribution in [0.3, 0.4) is 0 Å². The van der Waals surface area contributed by atoms with E-state index in [4.69, 9.17) is 0 Å². The fourth-order valence-corrected chi connectivity index (χ4v) is 1.65. The number of rotatable bonds is 4. The van der Waals surface area contributed by atoms with E-state index in [0.29, 0.717) is 5.69 Å². The minimum absolute atomic E-state index is 0.00468. The lowest BCUT2D eigenvalue weighted by atomic mass is 10.2. The molecule has 1 aromatic rings. The van der Waals surface area contributed by atoms with E-state index in [1.807, 2.05) is 6.92 Å². The van der Waals surface area contributed by atoms with E-state index in [-0.39, 0.29) is 18.0 Å². The van der Waals surface area contributed by atoms with E-state index < -0.39 is 9.84 Å². The summed E-state index contributed by atoms with van der Waals surface area (Å²) in [4.78, 5) is 15.4. The maximum atomic E-state index is 11.5. The van der Waals surface area contributed by atoms with Crippen molar-refractivity contribution in [1.82, 2.24) is 4.98 Å². The number of carbonyl (C=O) groups is 1. The van der Waals surface area contributed by atoms with Gasteiger partial charge in [-0.2, -0.15) is 0 Å². The van der Waals surface area contributed by atoms with Crippen LogP contribution in [0.2, 0.25) is 0 Å². The van der Waals surface area contributed by atoms with Crippen LogP contribution in [0.5, 0.6) is 0 Å². The average Bonchev–Trinajstić information content (AvgIpc) is 2.13. The van der Waals surface area contributed by atoms with E-state index in [2.05, 4.69) is 4.98 Å². The third kappa shape index (κ3) is 4.20. The predicted octanol–water partition coefficient (Wildman–Crippen LogP) is 1.01. The van der Waals surface area contributed by atoms with Crippen molar-refractivity contribution in [2.45, 2.75) is 13.3 Å². The Bertz CT molecular complexity index is 465. The summed E-state index contributed by atoms with van der Waals surface area (Å²) in [5.41, 5.74) is 1.27. The van der Waals surface area contributed by atoms with Gasteiger partial charge < -0.3 is 0 Å². The van der Waals surface area contributed by atoms with Gasteiger partial charge in [-0.05, 0) is 24.6 Å². The Morgan fingerprint density at radius 1 is 1.47 bits per heavy atom. The minimum Gasteiger partial charge on any atom is -0.292 e. The van der Waals surface area contributed by atoms with Crippen molar-refractivity contribution >= 4 is 15.6 Å². The molecule has 0 bridgehead atoms. The SMILES string of the molecule is Cc1ccnc(C(=O)CCS(C)(=O)=O)c1. The Labute approximate surface area is 89.3 Å². The van der Waals surface area contributed by atoms with Crippen molar-refractivity contribution in [3.63, 3.8) is 0 Å². The molecule has 0 radical (unpaired) electrons. The average molecular weight is 227 g/mol. The molecule has 15 heavy (non-hydrogen) atoms. The molecule has 0 saturated heterocycles. The van der Waals surface area contributed by atoms with Gasteiger partial charge in [-0.25, -0.2) is 8.42 Å². The van der Waals surface area contributed by atoms with Crippen LogP contribution >= 0.6 is 0 Å². The number of hydrogen-bond acceptors (Lipinski definition) is 4. The molecule has 0 saturated carbocycles. The van der Waals surface area contributed by atoms with E-state index in [1.54, 1.807) is 18.3 Å². The second-order valence-electron chi connectivity index (χ2n) is 3.52. The zero-order chi connectivity index (χ0) is 11.5. The minimum atomic E-state index is -3.09. The highest BCUT2D eigenvalue weighted by molar-refractivity contribution is 7.90. The fraction of sp³-hybridized carbons (Fsp3) is 0.400. The summed E-state index contributed by atoms with van der Waals surface area (Å²) in [7, 11) is -3.09. The second kappa shape index (κ2) is 4.53. The number of carbonyl (C=O) groups excluding carboxylic acids is 1. The summed E-state index contributed by atoms with van der Waals surface area (Å²) in [6.45, 7) is 1.86. The zero-order valence-corrected chi connectivity index (χ0v) is 9.54. The van der Waals surface area contributed by atoms with Crippen LogP contribution in [0.15, 0.2) is 18.3 Å². The molecule has 0 aliphatic rings. The normalized spacial score (nSPS) is 11.3. The van der Waals surface area contributed by atoms with Gasteiger partial charge in [0.25, 0.3) is 0 Å². The molecule has 4 nitrogen and oxygen atoms in total. The number of Topliss-reactive ketones (excluding diaryl/α,β-unsaturated/α-hetero) is 1. The number of nitrogens with zero attached hydrogens (tertiary/aromatic N) is 1. The number of aromatic nitrogens is 1. The summed E-state index contributed by atoms with van der Waals surface area (Å²) in [6.07, 6.45) is 2.66. The van der Waals surface area contributed by atoms with E-state index in [0.717, 1.165) is 11.8 Å². The topological polar surface area (TPSA) is 64.1 Å². The summed E-state index contributed by atoms with van der Waals surface area (Å²) in [5, 5.41) is 0. The Morgan fingerprint density at radius 3 is 2.67 bits per heavy atom. The lowest BCUT2D eigenvalue weighted by Crippen LogP contribution is -2.10. The number of sulfone groups is 1. The highest BCUT2D eigenvalue weighted by Gasteiger charge is 2.11. The van der Waals surface area contributed by atoms with Gasteiger partial charge >= 0.3 is 0 Å². The van der Waals surface area contributed by atoms with Crippen LogP contribution in [0, 0.1) is 6.92 Å². The Kier molecular flexibility index (Phi) is 3.57. The first-order valence-corrected chi connectivity index (χ1v) is 6.58. The molecule has 0 atom stereocenters. The van der Waals surface area contributed by atoms with Crippen LogP contribution in [-0.2, 0) is 9.84 Å². The Morgan fingerprint density at radius 2 is 2.13 bits per heavy atom. The third-order valence-electron chi connectivity index (χ3n) is 1.90. The van der Waals surface area contributed by atoms with Crippen molar-refractivity contribution in [1.29, 1.82) is 0 Å². The highest BCUT2D eigenvalue weighted by Crippen LogP contribution is 2.04. The Balaban J connectivity index is 2.70. The number of aryl methyl sites for hydroxylation is 1. The molecular weight excluding hydrogens is 214 g/mol. The molecule has 0 N–H and O–H groups in total. The lowest BCUT2D eigenvalue weighted by molar-refractivity contribution is 0.0984. The number of pyridine rings is 1. The summed E-state index contributed by atoms with van der Waals surface area (Å²) in [5.74, 6) is -0.356. The molecule has 0 aliphatic heterocycles. The van der Waals surface area contributed by atoms with Crippen LogP contribution in [0.1, 0.15) is 22.5 Å². The van der Waals surface area contributed by atoms with Crippen molar-refractivity contribution in [3.8, 4) is 0 Å². The van der Waals surface area contributed by atoms with E-state index in [1.165, 1.54) is 0 Å². The standard InChI is InChI=1S/C10H13NO3S/c1-8-3-5-11-9(7-8)10(12)4-6-15(2,13)14/h3,5,7H,4,6H2,1-2H3.